The lowest BCUT2D eigenvalue weighted by Gasteiger charge is -2.24. The molecule has 1 aliphatic carbocycles. The maximum Gasteiger partial charge on any atom is 0.237 e. The van der Waals surface area contributed by atoms with Crippen molar-refractivity contribution in [1.82, 2.24) is 5.32 Å². The molecule has 21 heavy (non-hydrogen) atoms. The van der Waals surface area contributed by atoms with Crippen LogP contribution in [0.25, 0.3) is 0 Å². The number of hydrogen-bond donors (Lipinski definition) is 2. The van der Waals surface area contributed by atoms with Crippen molar-refractivity contribution in [2.75, 3.05) is 7.11 Å². The van der Waals surface area contributed by atoms with Gasteiger partial charge in [-0.15, -0.1) is 0 Å². The van der Waals surface area contributed by atoms with Crippen molar-refractivity contribution in [2.45, 2.75) is 51.1 Å². The molecule has 1 aromatic rings. The largest absolute Gasteiger partial charge is 0.496 e. The average molecular weight is 290 g/mol. The van der Waals surface area contributed by atoms with Crippen molar-refractivity contribution >= 4 is 5.91 Å². The van der Waals surface area contributed by atoms with Crippen LogP contribution in [0.4, 0.5) is 0 Å². The van der Waals surface area contributed by atoms with Crippen LogP contribution in [0.1, 0.15) is 44.1 Å². The maximum absolute atomic E-state index is 12.1. The Morgan fingerprint density at radius 2 is 2.05 bits per heavy atom. The molecule has 0 saturated heterocycles. The minimum absolute atomic E-state index is 0.0634. The predicted octanol–water partition coefficient (Wildman–Crippen LogP) is 2.61. The van der Waals surface area contributed by atoms with Gasteiger partial charge in [0.15, 0.2) is 0 Å². The van der Waals surface area contributed by atoms with Gasteiger partial charge in [0.25, 0.3) is 0 Å². The fourth-order valence-electron chi connectivity index (χ4n) is 3.05. The van der Waals surface area contributed by atoms with Crippen LogP contribution in [0, 0.1) is 5.92 Å². The number of nitrogens with one attached hydrogen (secondary N) is 1. The fraction of sp³-hybridized carbons (Fsp3) is 0.588. The summed E-state index contributed by atoms with van der Waals surface area (Å²) in [5.74, 6) is 1.34. The zero-order valence-electron chi connectivity index (χ0n) is 12.8. The summed E-state index contributed by atoms with van der Waals surface area (Å²) in [7, 11) is 1.63. The Bertz CT molecular complexity index is 456. The Morgan fingerprint density at radius 1 is 1.33 bits per heavy atom. The normalized spacial score (nSPS) is 17.2. The van der Waals surface area contributed by atoms with Gasteiger partial charge in [0.05, 0.1) is 13.2 Å². The molecule has 1 saturated carbocycles. The van der Waals surface area contributed by atoms with Crippen LogP contribution in [0.3, 0.4) is 0 Å². The van der Waals surface area contributed by atoms with Crippen LogP contribution in [-0.4, -0.2) is 19.1 Å². The molecule has 116 valence electrons. The van der Waals surface area contributed by atoms with Crippen molar-refractivity contribution in [2.24, 2.45) is 11.7 Å². The monoisotopic (exact) mass is 290 g/mol. The van der Waals surface area contributed by atoms with Gasteiger partial charge in [0.2, 0.25) is 5.91 Å². The van der Waals surface area contributed by atoms with Gasteiger partial charge in [-0.3, -0.25) is 4.79 Å². The van der Waals surface area contributed by atoms with Crippen LogP contribution in [0.2, 0.25) is 0 Å². The predicted molar refractivity (Wildman–Crippen MR) is 84.0 cm³/mol. The summed E-state index contributed by atoms with van der Waals surface area (Å²) in [6, 6.07) is 7.29. The standard InChI is InChI=1S/C17H26N2O2/c1-21-16-10-6-5-9-14(16)12-19-17(20)15(18)11-13-7-3-2-4-8-13/h5-6,9-10,13,15H,2-4,7-8,11-12,18H2,1H3,(H,19,20). The van der Waals surface area contributed by atoms with E-state index in [9.17, 15) is 4.79 Å². The number of ether oxygens (including phenoxy) is 1. The molecule has 1 aliphatic rings. The lowest BCUT2D eigenvalue weighted by Crippen LogP contribution is -2.41. The van der Waals surface area contributed by atoms with Crippen LogP contribution < -0.4 is 15.8 Å². The molecule has 1 aromatic carbocycles. The molecule has 0 aliphatic heterocycles. The molecule has 1 fully saturated rings. The molecule has 0 radical (unpaired) electrons. The van der Waals surface area contributed by atoms with Gasteiger partial charge in [-0.2, -0.15) is 0 Å². The highest BCUT2D eigenvalue weighted by atomic mass is 16.5. The number of para-hydroxylation sites is 1. The second-order valence-corrected chi connectivity index (χ2v) is 5.88. The Balaban J connectivity index is 1.80. The van der Waals surface area contributed by atoms with Gasteiger partial charge in [-0.1, -0.05) is 50.3 Å². The smallest absolute Gasteiger partial charge is 0.237 e. The molecule has 1 amide bonds. The molecule has 0 spiro atoms. The van der Waals surface area contributed by atoms with E-state index >= 15 is 0 Å². The number of hydrogen-bond acceptors (Lipinski definition) is 3. The van der Waals surface area contributed by atoms with Gasteiger partial charge in [0, 0.05) is 12.1 Å². The molecule has 0 bridgehead atoms. The first-order valence-electron chi connectivity index (χ1n) is 7.86. The van der Waals surface area contributed by atoms with E-state index in [-0.39, 0.29) is 5.91 Å². The number of benzene rings is 1. The summed E-state index contributed by atoms with van der Waals surface area (Å²) in [5, 5.41) is 2.92. The van der Waals surface area contributed by atoms with Crippen LogP contribution in [0.5, 0.6) is 5.75 Å². The molecule has 1 atom stereocenters. The molecule has 4 heteroatoms. The Kier molecular flexibility index (Phi) is 6.05. The average Bonchev–Trinajstić information content (AvgIpc) is 2.53. The number of carbonyl (C=O) groups is 1. The lowest BCUT2D eigenvalue weighted by molar-refractivity contribution is -0.123. The number of carbonyl (C=O) groups excluding carboxylic acids is 1. The zero-order chi connectivity index (χ0) is 15.1. The van der Waals surface area contributed by atoms with Gasteiger partial charge in [-0.05, 0) is 18.4 Å². The van der Waals surface area contributed by atoms with E-state index in [1.807, 2.05) is 24.3 Å². The molecule has 3 N–H and O–H groups in total. The Labute approximate surface area is 127 Å². The molecular formula is C17H26N2O2. The lowest BCUT2D eigenvalue weighted by atomic mass is 9.85. The number of methoxy groups -OCH3 is 1. The second kappa shape index (κ2) is 8.03. The highest BCUT2D eigenvalue weighted by Gasteiger charge is 2.21. The second-order valence-electron chi connectivity index (χ2n) is 5.88. The van der Waals surface area contributed by atoms with Crippen LogP contribution >= 0.6 is 0 Å². The summed E-state index contributed by atoms with van der Waals surface area (Å²) in [6.07, 6.45) is 7.12. The van der Waals surface area contributed by atoms with E-state index in [0.29, 0.717) is 12.5 Å². The summed E-state index contributed by atoms with van der Waals surface area (Å²) >= 11 is 0. The molecule has 4 nitrogen and oxygen atoms in total. The Hall–Kier alpha value is -1.55. The minimum atomic E-state index is -0.400. The van der Waals surface area contributed by atoms with Crippen molar-refractivity contribution in [3.05, 3.63) is 29.8 Å². The highest BCUT2D eigenvalue weighted by Crippen LogP contribution is 2.27. The summed E-state index contributed by atoms with van der Waals surface area (Å²) < 4.78 is 5.28. The SMILES string of the molecule is COc1ccccc1CNC(=O)C(N)CC1CCCCC1. The fourth-order valence-corrected chi connectivity index (χ4v) is 3.05. The summed E-state index contributed by atoms with van der Waals surface area (Å²) in [5.41, 5.74) is 7.01. The highest BCUT2D eigenvalue weighted by molar-refractivity contribution is 5.81. The van der Waals surface area contributed by atoms with Crippen molar-refractivity contribution in [1.29, 1.82) is 0 Å². The molecule has 2 rings (SSSR count). The zero-order valence-corrected chi connectivity index (χ0v) is 12.8. The topological polar surface area (TPSA) is 64.3 Å². The number of amides is 1. The van der Waals surface area contributed by atoms with E-state index in [0.717, 1.165) is 17.7 Å². The maximum atomic E-state index is 12.1. The van der Waals surface area contributed by atoms with Gasteiger partial charge in [-0.25, -0.2) is 0 Å². The first-order valence-corrected chi connectivity index (χ1v) is 7.86. The van der Waals surface area contributed by atoms with Gasteiger partial charge in [0.1, 0.15) is 5.75 Å². The summed E-state index contributed by atoms with van der Waals surface area (Å²) in [4.78, 5) is 12.1. The van der Waals surface area contributed by atoms with E-state index < -0.39 is 6.04 Å². The number of nitrogens with two attached hydrogens (primary N) is 1. The van der Waals surface area contributed by atoms with E-state index in [2.05, 4.69) is 5.32 Å². The van der Waals surface area contributed by atoms with Crippen LogP contribution in [0.15, 0.2) is 24.3 Å². The first kappa shape index (κ1) is 15.8. The number of rotatable bonds is 6. The third kappa shape index (κ3) is 4.74. The van der Waals surface area contributed by atoms with Crippen LogP contribution in [-0.2, 0) is 11.3 Å². The molecular weight excluding hydrogens is 264 g/mol. The molecule has 0 aromatic heterocycles. The Morgan fingerprint density at radius 3 is 2.76 bits per heavy atom. The van der Waals surface area contributed by atoms with E-state index in [1.54, 1.807) is 7.11 Å². The van der Waals surface area contributed by atoms with Crippen molar-refractivity contribution in [3.8, 4) is 5.75 Å². The van der Waals surface area contributed by atoms with Gasteiger partial charge >= 0.3 is 0 Å². The van der Waals surface area contributed by atoms with Crippen molar-refractivity contribution in [3.63, 3.8) is 0 Å². The third-order valence-electron chi connectivity index (χ3n) is 4.29. The molecule has 0 heterocycles. The van der Waals surface area contributed by atoms with E-state index in [1.165, 1.54) is 32.1 Å². The first-order chi connectivity index (χ1) is 10.2. The van der Waals surface area contributed by atoms with E-state index in [4.69, 9.17) is 10.5 Å². The molecule has 1 unspecified atom stereocenters. The van der Waals surface area contributed by atoms with Crippen molar-refractivity contribution < 1.29 is 9.53 Å². The quantitative estimate of drug-likeness (QED) is 0.846. The van der Waals surface area contributed by atoms with Gasteiger partial charge < -0.3 is 15.8 Å². The summed E-state index contributed by atoms with van der Waals surface area (Å²) in [6.45, 7) is 0.460. The minimum Gasteiger partial charge on any atom is -0.496 e. The third-order valence-corrected chi connectivity index (χ3v) is 4.29.